The molecule has 5 heteroatoms. The number of hydrogen-bond acceptors (Lipinski definition) is 3. The maximum absolute atomic E-state index is 11.8. The summed E-state index contributed by atoms with van der Waals surface area (Å²) >= 11 is 6.04. The minimum Gasteiger partial charge on any atom is -0.364 e. The third kappa shape index (κ3) is 1.98. The molecular weight excluding hydrogens is 238 g/mol. The summed E-state index contributed by atoms with van der Waals surface area (Å²) in [6.45, 7) is 2.70. The molecule has 0 bridgehead atoms. The summed E-state index contributed by atoms with van der Waals surface area (Å²) in [6, 6.07) is 5.84. The highest BCUT2D eigenvalue weighted by Gasteiger charge is 2.29. The molecule has 3 rings (SSSR count). The number of benzene rings is 1. The average molecular weight is 252 g/mol. The molecule has 90 valence electrons. The van der Waals surface area contributed by atoms with Crippen molar-refractivity contribution < 1.29 is 4.79 Å². The van der Waals surface area contributed by atoms with Gasteiger partial charge in [-0.3, -0.25) is 4.79 Å². The van der Waals surface area contributed by atoms with E-state index >= 15 is 0 Å². The van der Waals surface area contributed by atoms with Crippen molar-refractivity contribution >= 4 is 28.9 Å². The summed E-state index contributed by atoms with van der Waals surface area (Å²) in [7, 11) is 0. The second-order valence-electron chi connectivity index (χ2n) is 4.47. The van der Waals surface area contributed by atoms with Crippen LogP contribution in [0.4, 0.5) is 11.4 Å². The Labute approximate surface area is 105 Å². The van der Waals surface area contributed by atoms with E-state index in [4.69, 9.17) is 11.6 Å². The van der Waals surface area contributed by atoms with Gasteiger partial charge in [0.1, 0.15) is 0 Å². The Morgan fingerprint density at radius 2 is 2.29 bits per heavy atom. The normalized spacial score (nSPS) is 23.5. The lowest BCUT2D eigenvalue weighted by Gasteiger charge is -2.36. The Hall–Kier alpha value is -1.26. The third-order valence-corrected chi connectivity index (χ3v) is 3.55. The van der Waals surface area contributed by atoms with E-state index in [-0.39, 0.29) is 11.9 Å². The molecule has 1 aromatic carbocycles. The predicted octanol–water partition coefficient (Wildman–Crippen LogP) is 1.46. The van der Waals surface area contributed by atoms with Crippen molar-refractivity contribution in [2.24, 2.45) is 0 Å². The summed E-state index contributed by atoms with van der Waals surface area (Å²) in [4.78, 5) is 14.1. The number of rotatable bonds is 0. The van der Waals surface area contributed by atoms with Crippen molar-refractivity contribution in [2.45, 2.75) is 12.5 Å². The minimum atomic E-state index is 0.0739. The Kier molecular flexibility index (Phi) is 2.68. The highest BCUT2D eigenvalue weighted by Crippen LogP contribution is 2.34. The molecule has 2 heterocycles. The number of fused-ring (bicyclic) bond motifs is 3. The summed E-state index contributed by atoms with van der Waals surface area (Å²) in [6.07, 6.45) is 0.527. The Morgan fingerprint density at radius 1 is 1.41 bits per heavy atom. The second kappa shape index (κ2) is 4.20. The zero-order chi connectivity index (χ0) is 11.8. The fourth-order valence-electron chi connectivity index (χ4n) is 2.52. The van der Waals surface area contributed by atoms with E-state index in [9.17, 15) is 4.79 Å². The van der Waals surface area contributed by atoms with Crippen LogP contribution in [0.3, 0.4) is 0 Å². The summed E-state index contributed by atoms with van der Waals surface area (Å²) in [5.41, 5.74) is 1.90. The lowest BCUT2D eigenvalue weighted by molar-refractivity contribution is -0.116. The van der Waals surface area contributed by atoms with Crippen LogP contribution in [-0.4, -0.2) is 31.6 Å². The van der Waals surface area contributed by atoms with Crippen LogP contribution in [0.5, 0.6) is 0 Å². The van der Waals surface area contributed by atoms with Crippen LogP contribution in [0, 0.1) is 0 Å². The van der Waals surface area contributed by atoms with Crippen LogP contribution in [0.15, 0.2) is 18.2 Å². The second-order valence-corrected chi connectivity index (χ2v) is 4.90. The molecule has 1 unspecified atom stereocenters. The van der Waals surface area contributed by atoms with E-state index in [0.717, 1.165) is 31.0 Å². The van der Waals surface area contributed by atoms with Gasteiger partial charge in [-0.2, -0.15) is 0 Å². The zero-order valence-corrected chi connectivity index (χ0v) is 10.1. The number of amides is 1. The molecule has 1 amide bonds. The molecule has 1 atom stereocenters. The Balaban J connectivity index is 2.07. The minimum absolute atomic E-state index is 0.0739. The highest BCUT2D eigenvalue weighted by molar-refractivity contribution is 6.31. The van der Waals surface area contributed by atoms with Crippen molar-refractivity contribution in [1.29, 1.82) is 0 Å². The Bertz CT molecular complexity index is 463. The highest BCUT2D eigenvalue weighted by atomic mass is 35.5. The lowest BCUT2D eigenvalue weighted by atomic mass is 10.1. The topological polar surface area (TPSA) is 44.4 Å². The van der Waals surface area contributed by atoms with Gasteiger partial charge in [-0.15, -0.1) is 0 Å². The number of piperazine rings is 1. The molecule has 1 saturated heterocycles. The smallest absolute Gasteiger partial charge is 0.226 e. The van der Waals surface area contributed by atoms with E-state index < -0.39 is 0 Å². The molecule has 1 aromatic rings. The van der Waals surface area contributed by atoms with Crippen LogP contribution in [0.2, 0.25) is 5.02 Å². The van der Waals surface area contributed by atoms with E-state index in [1.807, 2.05) is 18.2 Å². The SMILES string of the molecule is O=C1CC2CNCCN2c2cc(Cl)ccc2N1. The quantitative estimate of drug-likeness (QED) is 0.734. The zero-order valence-electron chi connectivity index (χ0n) is 9.37. The third-order valence-electron chi connectivity index (χ3n) is 3.31. The molecule has 2 aliphatic rings. The van der Waals surface area contributed by atoms with E-state index in [2.05, 4.69) is 15.5 Å². The number of anilines is 2. The van der Waals surface area contributed by atoms with E-state index in [0.29, 0.717) is 11.4 Å². The summed E-state index contributed by atoms with van der Waals surface area (Å²) in [5, 5.41) is 6.97. The molecule has 4 nitrogen and oxygen atoms in total. The lowest BCUT2D eigenvalue weighted by Crippen LogP contribution is -2.51. The van der Waals surface area contributed by atoms with Gasteiger partial charge in [0.15, 0.2) is 0 Å². The molecule has 2 N–H and O–H groups in total. The first kappa shape index (κ1) is 10.9. The van der Waals surface area contributed by atoms with Crippen molar-refractivity contribution in [3.05, 3.63) is 23.2 Å². The molecule has 1 fully saturated rings. The molecule has 0 saturated carbocycles. The number of carbonyl (C=O) groups excluding carboxylic acids is 1. The first-order chi connectivity index (χ1) is 8.24. The number of nitrogens with one attached hydrogen (secondary N) is 2. The fraction of sp³-hybridized carbons (Fsp3) is 0.417. The number of nitrogens with zero attached hydrogens (tertiary/aromatic N) is 1. The summed E-state index contributed by atoms with van der Waals surface area (Å²) in [5.74, 6) is 0.0739. The number of carbonyl (C=O) groups is 1. The molecule has 17 heavy (non-hydrogen) atoms. The van der Waals surface area contributed by atoms with Crippen molar-refractivity contribution in [1.82, 2.24) is 5.32 Å². The molecule has 2 aliphatic heterocycles. The summed E-state index contributed by atoms with van der Waals surface area (Å²) < 4.78 is 0. The first-order valence-corrected chi connectivity index (χ1v) is 6.18. The van der Waals surface area contributed by atoms with Gasteiger partial charge in [0.2, 0.25) is 5.91 Å². The molecule has 0 aromatic heterocycles. The maximum Gasteiger partial charge on any atom is 0.226 e. The van der Waals surface area contributed by atoms with Crippen molar-refractivity contribution in [2.75, 3.05) is 29.9 Å². The van der Waals surface area contributed by atoms with Gasteiger partial charge in [-0.1, -0.05) is 11.6 Å². The van der Waals surface area contributed by atoms with Crippen LogP contribution < -0.4 is 15.5 Å². The van der Waals surface area contributed by atoms with Gasteiger partial charge >= 0.3 is 0 Å². The average Bonchev–Trinajstić information content (AvgIpc) is 2.45. The predicted molar refractivity (Wildman–Crippen MR) is 68.7 cm³/mol. The van der Waals surface area contributed by atoms with E-state index in [1.54, 1.807) is 0 Å². The number of hydrogen-bond donors (Lipinski definition) is 2. The van der Waals surface area contributed by atoms with Gasteiger partial charge in [0.25, 0.3) is 0 Å². The van der Waals surface area contributed by atoms with Crippen molar-refractivity contribution in [3.63, 3.8) is 0 Å². The van der Waals surface area contributed by atoms with Gasteiger partial charge in [0.05, 0.1) is 17.4 Å². The van der Waals surface area contributed by atoms with Crippen molar-refractivity contribution in [3.8, 4) is 0 Å². The van der Waals surface area contributed by atoms with Crippen LogP contribution in [-0.2, 0) is 4.79 Å². The van der Waals surface area contributed by atoms with Crippen LogP contribution >= 0.6 is 11.6 Å². The maximum atomic E-state index is 11.8. The van der Waals surface area contributed by atoms with Gasteiger partial charge in [-0.25, -0.2) is 0 Å². The van der Waals surface area contributed by atoms with Gasteiger partial charge in [-0.05, 0) is 18.2 Å². The fourth-order valence-corrected chi connectivity index (χ4v) is 2.69. The monoisotopic (exact) mass is 251 g/mol. The molecule has 0 spiro atoms. The van der Waals surface area contributed by atoms with Crippen LogP contribution in [0.25, 0.3) is 0 Å². The van der Waals surface area contributed by atoms with Gasteiger partial charge in [0, 0.05) is 31.1 Å². The van der Waals surface area contributed by atoms with Crippen LogP contribution in [0.1, 0.15) is 6.42 Å². The standard InChI is InChI=1S/C12H14ClN3O/c13-8-1-2-10-11(5-8)16-4-3-14-7-9(16)6-12(17)15-10/h1-2,5,9,14H,3-4,6-7H2,(H,15,17). The largest absolute Gasteiger partial charge is 0.364 e. The van der Waals surface area contributed by atoms with Gasteiger partial charge < -0.3 is 15.5 Å². The first-order valence-electron chi connectivity index (χ1n) is 5.81. The molecule has 0 radical (unpaired) electrons. The molecular formula is C12H14ClN3O. The van der Waals surface area contributed by atoms with E-state index in [1.165, 1.54) is 0 Å². The number of halogens is 1. The Morgan fingerprint density at radius 3 is 3.18 bits per heavy atom. The molecule has 0 aliphatic carbocycles.